The summed E-state index contributed by atoms with van der Waals surface area (Å²) in [5, 5.41) is 0. The number of hydrogen-bond acceptors (Lipinski definition) is 8. The van der Waals surface area contributed by atoms with Gasteiger partial charge in [0.25, 0.3) is 7.82 Å². The molecule has 0 radical (unpaired) electrons. The fourth-order valence-electron chi connectivity index (χ4n) is 8.71. The van der Waals surface area contributed by atoms with Gasteiger partial charge < -0.3 is 27.9 Å². The highest BCUT2D eigenvalue weighted by Crippen LogP contribution is 2.38. The van der Waals surface area contributed by atoms with Crippen molar-refractivity contribution in [3.63, 3.8) is 0 Å². The van der Waals surface area contributed by atoms with Crippen molar-refractivity contribution in [2.24, 2.45) is 0 Å². The Bertz CT molecular complexity index is 1160. The summed E-state index contributed by atoms with van der Waals surface area (Å²) in [6.07, 6.45) is 58.4. The molecule has 0 amide bonds. The summed E-state index contributed by atoms with van der Waals surface area (Å²) < 4.78 is 34.1. The molecule has 9 nitrogen and oxygen atoms in total. The van der Waals surface area contributed by atoms with E-state index in [0.29, 0.717) is 17.4 Å². The van der Waals surface area contributed by atoms with Crippen LogP contribution in [0.5, 0.6) is 0 Å². The number of esters is 2. The highest BCUT2D eigenvalue weighted by Gasteiger charge is 2.22. The molecule has 404 valence electrons. The average molecular weight is 985 g/mol. The largest absolute Gasteiger partial charge is 0.756 e. The number of likely N-dealkylation sites (N-methyl/N-ethyl adjacent to an activating group) is 1. The predicted molar refractivity (Wildman–Crippen MR) is 287 cm³/mol. The molecular formula is C58H114NO8P. The van der Waals surface area contributed by atoms with E-state index in [1.165, 1.54) is 212 Å². The molecular weight excluding hydrogens is 870 g/mol. The molecule has 0 saturated heterocycles. The van der Waals surface area contributed by atoms with Crippen molar-refractivity contribution in [1.29, 1.82) is 0 Å². The number of quaternary nitrogens is 1. The van der Waals surface area contributed by atoms with E-state index in [0.717, 1.165) is 51.4 Å². The molecule has 0 aliphatic carbocycles. The highest BCUT2D eigenvalue weighted by atomic mass is 31.2. The molecule has 0 spiro atoms. The first kappa shape index (κ1) is 66.8. The Morgan fingerprint density at radius 1 is 0.441 bits per heavy atom. The maximum Gasteiger partial charge on any atom is 0.306 e. The smallest absolute Gasteiger partial charge is 0.306 e. The highest BCUT2D eigenvalue weighted by molar-refractivity contribution is 7.45. The third-order valence-corrected chi connectivity index (χ3v) is 14.2. The van der Waals surface area contributed by atoms with E-state index in [9.17, 15) is 19.0 Å². The van der Waals surface area contributed by atoms with Crippen molar-refractivity contribution >= 4 is 19.8 Å². The normalized spacial score (nSPS) is 13.3. The van der Waals surface area contributed by atoms with Gasteiger partial charge in [0.2, 0.25) is 0 Å². The van der Waals surface area contributed by atoms with Crippen molar-refractivity contribution < 1.29 is 42.1 Å². The number of carbonyl (C=O) groups excluding carboxylic acids is 2. The van der Waals surface area contributed by atoms with Gasteiger partial charge in [-0.15, -0.1) is 0 Å². The number of unbranched alkanes of at least 4 members (excludes halogenated alkanes) is 39. The van der Waals surface area contributed by atoms with Crippen LogP contribution in [0.2, 0.25) is 0 Å². The molecule has 10 heteroatoms. The van der Waals surface area contributed by atoms with E-state index in [2.05, 4.69) is 26.0 Å². The number of allylic oxidation sites excluding steroid dienone is 2. The summed E-state index contributed by atoms with van der Waals surface area (Å²) in [5.41, 5.74) is 0. The summed E-state index contributed by atoms with van der Waals surface area (Å²) in [6.45, 7) is 4.28. The van der Waals surface area contributed by atoms with Crippen molar-refractivity contribution in [1.82, 2.24) is 0 Å². The standard InChI is InChI=1S/C58H114NO8P/c1-6-8-10-12-14-16-18-20-22-24-25-26-27-28-29-30-31-32-33-34-35-37-38-40-42-44-46-48-50-57(60)64-54-56(55-66-68(62,63)65-53-52-59(3,4)5)67-58(61)51-49-47-45-43-41-39-36-23-21-19-17-15-13-11-9-7-2/h23,36,56H,6-22,24-35,37-55H2,1-5H3/b36-23-. The minimum absolute atomic E-state index is 0.0288. The number of ether oxygens (including phenoxy) is 2. The fraction of sp³-hybridized carbons (Fsp3) is 0.931. The molecule has 68 heavy (non-hydrogen) atoms. The molecule has 0 aromatic rings. The van der Waals surface area contributed by atoms with E-state index in [-0.39, 0.29) is 32.0 Å². The molecule has 0 aliphatic rings. The topological polar surface area (TPSA) is 111 Å². The zero-order valence-electron chi connectivity index (χ0n) is 45.8. The zero-order chi connectivity index (χ0) is 49.9. The fourth-order valence-corrected chi connectivity index (χ4v) is 9.44. The van der Waals surface area contributed by atoms with Crippen LogP contribution in [0, 0.1) is 0 Å². The van der Waals surface area contributed by atoms with Crippen LogP contribution in [0.4, 0.5) is 0 Å². The van der Waals surface area contributed by atoms with E-state index in [1.54, 1.807) is 0 Å². The maximum atomic E-state index is 12.8. The van der Waals surface area contributed by atoms with Gasteiger partial charge in [-0.25, -0.2) is 0 Å². The molecule has 2 unspecified atom stereocenters. The van der Waals surface area contributed by atoms with Crippen molar-refractivity contribution in [2.75, 3.05) is 47.5 Å². The minimum atomic E-state index is -4.63. The van der Waals surface area contributed by atoms with Crippen LogP contribution in [0.3, 0.4) is 0 Å². The van der Waals surface area contributed by atoms with Gasteiger partial charge in [0, 0.05) is 12.8 Å². The van der Waals surface area contributed by atoms with Gasteiger partial charge >= 0.3 is 11.9 Å². The second-order valence-electron chi connectivity index (χ2n) is 21.4. The molecule has 0 N–H and O–H groups in total. The van der Waals surface area contributed by atoms with Gasteiger partial charge in [-0.1, -0.05) is 257 Å². The Labute approximate surface area is 422 Å². The summed E-state index contributed by atoms with van der Waals surface area (Å²) >= 11 is 0. The summed E-state index contributed by atoms with van der Waals surface area (Å²) in [4.78, 5) is 37.8. The first-order valence-electron chi connectivity index (χ1n) is 29.4. The molecule has 0 aromatic heterocycles. The molecule has 0 bridgehead atoms. The Morgan fingerprint density at radius 3 is 1.09 bits per heavy atom. The molecule has 2 atom stereocenters. The average Bonchev–Trinajstić information content (AvgIpc) is 3.30. The number of hydrogen-bond donors (Lipinski definition) is 0. The maximum absolute atomic E-state index is 12.8. The van der Waals surface area contributed by atoms with Gasteiger partial charge in [-0.3, -0.25) is 14.2 Å². The molecule has 0 aromatic carbocycles. The number of nitrogens with zero attached hydrogens (tertiary/aromatic N) is 1. The number of carbonyl (C=O) groups is 2. The van der Waals surface area contributed by atoms with Crippen LogP contribution in [-0.2, 0) is 32.7 Å². The molecule has 0 rings (SSSR count). The van der Waals surface area contributed by atoms with Gasteiger partial charge in [-0.05, 0) is 38.5 Å². The SMILES string of the molecule is CCCCCCCCC/C=C\CCCCCCCC(=O)OC(COC(=O)CCCCCCCCCCCCCCCCCCCCCCCCCCCCCC)COP(=O)([O-])OCC[N+](C)(C)C. The van der Waals surface area contributed by atoms with E-state index in [1.807, 2.05) is 21.1 Å². The van der Waals surface area contributed by atoms with Crippen LogP contribution < -0.4 is 4.89 Å². The van der Waals surface area contributed by atoms with Crippen molar-refractivity contribution in [3.05, 3.63) is 12.2 Å². The van der Waals surface area contributed by atoms with E-state index >= 15 is 0 Å². The minimum Gasteiger partial charge on any atom is -0.756 e. The second-order valence-corrected chi connectivity index (χ2v) is 22.8. The number of phosphoric acid groups is 1. The van der Waals surface area contributed by atoms with Gasteiger partial charge in [0.05, 0.1) is 27.7 Å². The summed E-state index contributed by atoms with van der Waals surface area (Å²) in [5.74, 6) is -0.826. The van der Waals surface area contributed by atoms with Gasteiger partial charge in [0.1, 0.15) is 19.8 Å². The lowest BCUT2D eigenvalue weighted by molar-refractivity contribution is -0.870. The van der Waals surface area contributed by atoms with Crippen LogP contribution in [-0.4, -0.2) is 70.0 Å². The number of phosphoric ester groups is 1. The Hall–Kier alpha value is -1.25. The molecule has 0 aliphatic heterocycles. The van der Waals surface area contributed by atoms with Crippen molar-refractivity contribution in [2.45, 2.75) is 302 Å². The lowest BCUT2D eigenvalue weighted by Gasteiger charge is -2.28. The van der Waals surface area contributed by atoms with Crippen LogP contribution >= 0.6 is 7.82 Å². The van der Waals surface area contributed by atoms with Crippen molar-refractivity contribution in [3.8, 4) is 0 Å². The molecule has 0 saturated carbocycles. The lowest BCUT2D eigenvalue weighted by Crippen LogP contribution is -2.37. The van der Waals surface area contributed by atoms with E-state index < -0.39 is 26.5 Å². The first-order valence-corrected chi connectivity index (χ1v) is 30.9. The summed E-state index contributed by atoms with van der Waals surface area (Å²) in [7, 11) is 1.18. The third kappa shape index (κ3) is 54.1. The van der Waals surface area contributed by atoms with E-state index in [4.69, 9.17) is 18.5 Å². The first-order chi connectivity index (χ1) is 33.0. The summed E-state index contributed by atoms with van der Waals surface area (Å²) in [6, 6.07) is 0. The molecule has 0 heterocycles. The quantitative estimate of drug-likeness (QED) is 0.0195. The Balaban J connectivity index is 4.04. The predicted octanol–water partition coefficient (Wildman–Crippen LogP) is 17.4. The second kappa shape index (κ2) is 50.7. The van der Waals surface area contributed by atoms with Gasteiger partial charge in [-0.2, -0.15) is 0 Å². The molecule has 0 fully saturated rings. The van der Waals surface area contributed by atoms with Gasteiger partial charge in [0.15, 0.2) is 6.10 Å². The van der Waals surface area contributed by atoms with Crippen LogP contribution in [0.25, 0.3) is 0 Å². The monoisotopic (exact) mass is 984 g/mol. The van der Waals surface area contributed by atoms with Crippen LogP contribution in [0.15, 0.2) is 12.2 Å². The Kier molecular flexibility index (Phi) is 49.8. The third-order valence-electron chi connectivity index (χ3n) is 13.3. The lowest BCUT2D eigenvalue weighted by atomic mass is 10.0. The zero-order valence-corrected chi connectivity index (χ0v) is 46.7. The van der Waals surface area contributed by atoms with Crippen LogP contribution in [0.1, 0.15) is 296 Å². The Morgan fingerprint density at radius 2 is 0.750 bits per heavy atom. The number of rotatable bonds is 55.